The lowest BCUT2D eigenvalue weighted by Crippen LogP contribution is -2.12. The number of non-ortho nitro benzene ring substituents is 1. The molecule has 0 aliphatic carbocycles. The summed E-state index contributed by atoms with van der Waals surface area (Å²) in [6.45, 7) is 0. The molecule has 0 N–H and O–H groups in total. The van der Waals surface area contributed by atoms with E-state index < -0.39 is 4.92 Å². The van der Waals surface area contributed by atoms with E-state index in [1.54, 1.807) is 12.1 Å². The summed E-state index contributed by atoms with van der Waals surface area (Å²) in [4.78, 5) is 19.8. The molecule has 2 aromatic carbocycles. The molecule has 0 bridgehead atoms. The van der Waals surface area contributed by atoms with Crippen LogP contribution in [0.5, 0.6) is 0 Å². The molecule has 1 aliphatic heterocycles. The van der Waals surface area contributed by atoms with Crippen LogP contribution in [0, 0.1) is 10.1 Å². The van der Waals surface area contributed by atoms with Gasteiger partial charge in [-0.1, -0.05) is 18.2 Å². The van der Waals surface area contributed by atoms with Gasteiger partial charge in [-0.3, -0.25) is 15.1 Å². The fourth-order valence-corrected chi connectivity index (χ4v) is 3.57. The maximum absolute atomic E-state index is 10.8. The van der Waals surface area contributed by atoms with E-state index in [0.717, 1.165) is 46.5 Å². The van der Waals surface area contributed by atoms with Gasteiger partial charge >= 0.3 is 0 Å². The number of aromatic nitrogens is 3. The highest BCUT2D eigenvalue weighted by Gasteiger charge is 2.21. The second kappa shape index (κ2) is 5.49. The molecular weight excluding hydrogens is 328 g/mol. The van der Waals surface area contributed by atoms with E-state index in [0.29, 0.717) is 0 Å². The van der Waals surface area contributed by atoms with Gasteiger partial charge in [0.05, 0.1) is 21.8 Å². The Kier molecular flexibility index (Phi) is 3.12. The zero-order valence-electron chi connectivity index (χ0n) is 13.8. The largest absolute Gasteiger partial charge is 0.301 e. The summed E-state index contributed by atoms with van der Waals surface area (Å²) < 4.78 is 2.12. The fraction of sp³-hybridized carbons (Fsp3) is 0.100. The number of rotatable bonds is 2. The lowest BCUT2D eigenvalue weighted by Gasteiger charge is -2.19. The van der Waals surface area contributed by atoms with Gasteiger partial charge in [-0.25, -0.2) is 4.98 Å². The van der Waals surface area contributed by atoms with Gasteiger partial charge in [-0.2, -0.15) is 0 Å². The van der Waals surface area contributed by atoms with Gasteiger partial charge in [0, 0.05) is 41.9 Å². The highest BCUT2D eigenvalue weighted by atomic mass is 16.6. The normalized spacial score (nSPS) is 12.6. The molecule has 6 nitrogen and oxygen atoms in total. The number of nitro benzene ring substituents is 1. The molecule has 0 saturated heterocycles. The fourth-order valence-electron chi connectivity index (χ4n) is 3.57. The molecule has 1 aliphatic rings. The molecule has 2 aromatic heterocycles. The number of fused-ring (bicyclic) bond motifs is 5. The summed E-state index contributed by atoms with van der Waals surface area (Å²) in [6.07, 6.45) is 5.60. The van der Waals surface area contributed by atoms with Crippen molar-refractivity contribution in [3.63, 3.8) is 0 Å². The van der Waals surface area contributed by atoms with Crippen molar-refractivity contribution in [1.82, 2.24) is 14.5 Å². The van der Waals surface area contributed by atoms with Gasteiger partial charge in [0.25, 0.3) is 5.69 Å². The lowest BCUT2D eigenvalue weighted by molar-refractivity contribution is -0.384. The van der Waals surface area contributed by atoms with Crippen LogP contribution < -0.4 is 0 Å². The summed E-state index contributed by atoms with van der Waals surface area (Å²) in [7, 11) is 0. The molecule has 3 heterocycles. The number of nitro groups is 1. The van der Waals surface area contributed by atoms with Crippen LogP contribution in [-0.2, 0) is 12.8 Å². The molecule has 0 atom stereocenters. The standard InChI is InChI=1S/C20H14N4O2/c25-24(26)16-8-5-13(6-9-16)17-12-23-18(22-17)10-7-15-4-3-14-2-1-11-21-19(14)20(15)23/h1-6,8-9,11-12H,7,10H2. The zero-order chi connectivity index (χ0) is 17.7. The van der Waals surface area contributed by atoms with Crippen LogP contribution in [-0.4, -0.2) is 19.5 Å². The Bertz CT molecular complexity index is 1160. The first-order valence-electron chi connectivity index (χ1n) is 8.41. The molecular formula is C20H14N4O2. The van der Waals surface area contributed by atoms with Gasteiger partial charge in [-0.15, -0.1) is 0 Å². The molecule has 0 unspecified atom stereocenters. The average molecular weight is 342 g/mol. The average Bonchev–Trinajstić information content (AvgIpc) is 3.12. The highest BCUT2D eigenvalue weighted by Crippen LogP contribution is 2.33. The minimum atomic E-state index is -0.393. The number of imidazole rings is 1. The number of hydrogen-bond donors (Lipinski definition) is 0. The molecule has 0 saturated carbocycles. The zero-order valence-corrected chi connectivity index (χ0v) is 13.8. The lowest BCUT2D eigenvalue weighted by atomic mass is 10.0. The van der Waals surface area contributed by atoms with Crippen molar-refractivity contribution >= 4 is 16.6 Å². The van der Waals surface area contributed by atoms with E-state index in [9.17, 15) is 10.1 Å². The highest BCUT2D eigenvalue weighted by molar-refractivity contribution is 5.88. The first-order chi connectivity index (χ1) is 12.7. The van der Waals surface area contributed by atoms with Crippen LogP contribution >= 0.6 is 0 Å². The number of pyridine rings is 1. The van der Waals surface area contributed by atoms with E-state index in [1.807, 2.05) is 18.5 Å². The van der Waals surface area contributed by atoms with E-state index in [4.69, 9.17) is 4.98 Å². The third-order valence-corrected chi connectivity index (χ3v) is 4.84. The van der Waals surface area contributed by atoms with Crippen molar-refractivity contribution in [2.24, 2.45) is 0 Å². The van der Waals surface area contributed by atoms with E-state index in [2.05, 4.69) is 27.8 Å². The molecule has 0 spiro atoms. The van der Waals surface area contributed by atoms with Crippen molar-refractivity contribution < 1.29 is 4.92 Å². The van der Waals surface area contributed by atoms with Gasteiger partial charge in [-0.05, 0) is 30.2 Å². The van der Waals surface area contributed by atoms with Crippen LogP contribution in [0.4, 0.5) is 5.69 Å². The molecule has 126 valence electrons. The minimum absolute atomic E-state index is 0.0817. The summed E-state index contributed by atoms with van der Waals surface area (Å²) in [5, 5.41) is 12.0. The molecule has 5 rings (SSSR count). The molecule has 26 heavy (non-hydrogen) atoms. The van der Waals surface area contributed by atoms with E-state index in [1.165, 1.54) is 17.7 Å². The maximum atomic E-state index is 10.8. The predicted octanol–water partition coefficient (Wildman–Crippen LogP) is 4.09. The smallest absolute Gasteiger partial charge is 0.269 e. The second-order valence-electron chi connectivity index (χ2n) is 6.36. The van der Waals surface area contributed by atoms with Crippen molar-refractivity contribution in [3.05, 3.63) is 82.4 Å². The summed E-state index contributed by atoms with van der Waals surface area (Å²) in [6, 6.07) is 14.8. The van der Waals surface area contributed by atoms with Gasteiger partial charge in [0.2, 0.25) is 0 Å². The Morgan fingerprint density at radius 3 is 2.69 bits per heavy atom. The van der Waals surface area contributed by atoms with Crippen LogP contribution in [0.3, 0.4) is 0 Å². The molecule has 4 aromatic rings. The number of hydrogen-bond acceptors (Lipinski definition) is 4. The Morgan fingerprint density at radius 2 is 1.88 bits per heavy atom. The Hall–Kier alpha value is -3.54. The van der Waals surface area contributed by atoms with Crippen LogP contribution in [0.1, 0.15) is 11.4 Å². The third-order valence-electron chi connectivity index (χ3n) is 4.84. The van der Waals surface area contributed by atoms with Crippen molar-refractivity contribution in [2.45, 2.75) is 12.8 Å². The maximum Gasteiger partial charge on any atom is 0.269 e. The van der Waals surface area contributed by atoms with Gasteiger partial charge in [0.1, 0.15) is 5.82 Å². The monoisotopic (exact) mass is 342 g/mol. The first-order valence-corrected chi connectivity index (χ1v) is 8.41. The Labute approximate surface area is 148 Å². The Balaban J connectivity index is 1.67. The predicted molar refractivity (Wildman–Crippen MR) is 98.4 cm³/mol. The van der Waals surface area contributed by atoms with Crippen LogP contribution in [0.25, 0.3) is 27.8 Å². The van der Waals surface area contributed by atoms with Crippen molar-refractivity contribution in [3.8, 4) is 16.9 Å². The topological polar surface area (TPSA) is 73.8 Å². The Morgan fingerprint density at radius 1 is 1.04 bits per heavy atom. The van der Waals surface area contributed by atoms with Crippen LogP contribution in [0.15, 0.2) is 60.9 Å². The summed E-state index contributed by atoms with van der Waals surface area (Å²) in [5.41, 5.74) is 5.08. The van der Waals surface area contributed by atoms with E-state index >= 15 is 0 Å². The van der Waals surface area contributed by atoms with Gasteiger partial charge in [0.15, 0.2) is 0 Å². The van der Waals surface area contributed by atoms with E-state index in [-0.39, 0.29) is 5.69 Å². The van der Waals surface area contributed by atoms with Crippen LogP contribution in [0.2, 0.25) is 0 Å². The van der Waals surface area contributed by atoms with Gasteiger partial charge < -0.3 is 4.57 Å². The number of aryl methyl sites for hydroxylation is 2. The number of benzene rings is 2. The molecule has 6 heteroatoms. The summed E-state index contributed by atoms with van der Waals surface area (Å²) in [5.74, 6) is 0.990. The SMILES string of the molecule is O=[N+]([O-])c1ccc(-c2cn3c(n2)CCc2ccc4cccnc4c2-3)cc1. The second-order valence-corrected chi connectivity index (χ2v) is 6.36. The van der Waals surface area contributed by atoms with Crippen molar-refractivity contribution in [1.29, 1.82) is 0 Å². The molecule has 0 radical (unpaired) electrons. The first kappa shape index (κ1) is 14.8. The quantitative estimate of drug-likeness (QED) is 0.406. The third kappa shape index (κ3) is 2.19. The number of nitrogens with zero attached hydrogens (tertiary/aromatic N) is 4. The minimum Gasteiger partial charge on any atom is -0.301 e. The van der Waals surface area contributed by atoms with Crippen molar-refractivity contribution in [2.75, 3.05) is 0 Å². The molecule has 0 fully saturated rings. The molecule has 0 amide bonds. The summed E-state index contributed by atoms with van der Waals surface area (Å²) >= 11 is 0.